The number of ether oxygens (including phenoxy) is 1. The molecule has 18 heavy (non-hydrogen) atoms. The van der Waals surface area contributed by atoms with Gasteiger partial charge in [0.1, 0.15) is 5.75 Å². The summed E-state index contributed by atoms with van der Waals surface area (Å²) in [5.41, 5.74) is 5.84. The lowest BCUT2D eigenvalue weighted by Crippen LogP contribution is -2.04. The van der Waals surface area contributed by atoms with Crippen LogP contribution in [0.25, 0.3) is 0 Å². The van der Waals surface area contributed by atoms with Crippen molar-refractivity contribution in [3.8, 4) is 5.75 Å². The molecule has 0 spiro atoms. The number of nitrogen functional groups attached to an aromatic ring is 1. The van der Waals surface area contributed by atoms with Gasteiger partial charge >= 0.3 is 5.97 Å². The first kappa shape index (κ1) is 14.3. The molecule has 5 nitrogen and oxygen atoms in total. The molecular weight excluding hydrogens is 234 g/mol. The second-order valence-corrected chi connectivity index (χ2v) is 4.04. The molecule has 1 aromatic carbocycles. The van der Waals surface area contributed by atoms with Crippen LogP contribution in [0.2, 0.25) is 0 Å². The Morgan fingerprint density at radius 3 is 2.61 bits per heavy atom. The third-order valence-corrected chi connectivity index (χ3v) is 2.58. The molecule has 0 radical (unpaired) electrons. The summed E-state index contributed by atoms with van der Waals surface area (Å²) in [7, 11) is 0. The fourth-order valence-electron chi connectivity index (χ4n) is 1.57. The Kier molecular flexibility index (Phi) is 6.00. The van der Waals surface area contributed by atoms with E-state index in [4.69, 9.17) is 20.7 Å². The molecule has 5 heteroatoms. The van der Waals surface area contributed by atoms with Gasteiger partial charge < -0.3 is 20.7 Å². The molecule has 0 saturated heterocycles. The summed E-state index contributed by atoms with van der Waals surface area (Å²) in [5.74, 6) is -0.537. The van der Waals surface area contributed by atoms with Crippen LogP contribution < -0.4 is 10.5 Å². The highest BCUT2D eigenvalue weighted by molar-refractivity contribution is 5.94. The largest absolute Gasteiger partial charge is 0.494 e. The van der Waals surface area contributed by atoms with Crippen molar-refractivity contribution >= 4 is 11.7 Å². The van der Waals surface area contributed by atoms with Crippen molar-refractivity contribution in [2.24, 2.45) is 0 Å². The molecule has 0 saturated carbocycles. The summed E-state index contributed by atoms with van der Waals surface area (Å²) in [6.07, 6.45) is 3.65. The molecule has 0 aliphatic heterocycles. The van der Waals surface area contributed by atoms with E-state index in [1.54, 1.807) is 6.07 Å². The topological polar surface area (TPSA) is 92.8 Å². The van der Waals surface area contributed by atoms with E-state index < -0.39 is 5.97 Å². The lowest BCUT2D eigenvalue weighted by atomic mass is 10.1. The Bertz CT molecular complexity index is 393. The maximum atomic E-state index is 10.9. The van der Waals surface area contributed by atoms with E-state index in [2.05, 4.69) is 0 Å². The summed E-state index contributed by atoms with van der Waals surface area (Å²) in [6, 6.07) is 4.63. The van der Waals surface area contributed by atoms with Gasteiger partial charge in [-0.15, -0.1) is 0 Å². The van der Waals surface area contributed by atoms with Crippen molar-refractivity contribution < 1.29 is 19.7 Å². The van der Waals surface area contributed by atoms with Gasteiger partial charge in [-0.05, 0) is 37.5 Å². The quantitative estimate of drug-likeness (QED) is 0.486. The minimum absolute atomic E-state index is 0.0628. The first-order valence-electron chi connectivity index (χ1n) is 6.01. The number of aliphatic hydroxyl groups is 1. The Hall–Kier alpha value is -1.75. The molecule has 1 aromatic rings. The average molecular weight is 253 g/mol. The van der Waals surface area contributed by atoms with Crippen molar-refractivity contribution in [1.29, 1.82) is 0 Å². The van der Waals surface area contributed by atoms with E-state index >= 15 is 0 Å². The first-order valence-corrected chi connectivity index (χ1v) is 6.01. The van der Waals surface area contributed by atoms with Gasteiger partial charge in [-0.1, -0.05) is 6.42 Å². The zero-order valence-electron chi connectivity index (χ0n) is 10.3. The molecule has 0 bridgehead atoms. The normalized spacial score (nSPS) is 10.3. The SMILES string of the molecule is Nc1ccc(OCCCCCCO)cc1C(=O)O. The van der Waals surface area contributed by atoms with Crippen molar-refractivity contribution in [3.63, 3.8) is 0 Å². The standard InChI is InChI=1S/C13H19NO4/c14-12-6-5-10(9-11(12)13(16)17)18-8-4-2-1-3-7-15/h5-6,9,15H,1-4,7-8,14H2,(H,16,17). The number of hydrogen-bond acceptors (Lipinski definition) is 4. The van der Waals surface area contributed by atoms with Crippen LogP contribution in [0.5, 0.6) is 5.75 Å². The summed E-state index contributed by atoms with van der Waals surface area (Å²) in [5, 5.41) is 17.5. The molecule has 0 amide bonds. The van der Waals surface area contributed by atoms with Gasteiger partial charge in [0.15, 0.2) is 0 Å². The fourth-order valence-corrected chi connectivity index (χ4v) is 1.57. The second kappa shape index (κ2) is 7.55. The number of carboxylic acids is 1. The van der Waals surface area contributed by atoms with Crippen molar-refractivity contribution in [2.75, 3.05) is 18.9 Å². The fraction of sp³-hybridized carbons (Fsp3) is 0.462. The van der Waals surface area contributed by atoms with Crippen LogP contribution in [0.1, 0.15) is 36.0 Å². The number of aromatic carboxylic acids is 1. The zero-order chi connectivity index (χ0) is 13.4. The summed E-state index contributed by atoms with van der Waals surface area (Å²) < 4.78 is 5.45. The summed E-state index contributed by atoms with van der Waals surface area (Å²) in [4.78, 5) is 10.9. The van der Waals surface area contributed by atoms with Crippen molar-refractivity contribution in [1.82, 2.24) is 0 Å². The number of anilines is 1. The molecule has 0 aliphatic carbocycles. The molecule has 100 valence electrons. The smallest absolute Gasteiger partial charge is 0.337 e. The molecule has 0 atom stereocenters. The molecule has 0 heterocycles. The van der Waals surface area contributed by atoms with Crippen LogP contribution in [0.3, 0.4) is 0 Å². The predicted molar refractivity (Wildman–Crippen MR) is 68.9 cm³/mol. The van der Waals surface area contributed by atoms with Crippen LogP contribution >= 0.6 is 0 Å². The molecule has 1 rings (SSSR count). The maximum absolute atomic E-state index is 10.9. The minimum atomic E-state index is -1.05. The van der Waals surface area contributed by atoms with Gasteiger partial charge in [-0.25, -0.2) is 4.79 Å². The number of aliphatic hydroxyl groups excluding tert-OH is 1. The zero-order valence-corrected chi connectivity index (χ0v) is 10.3. The highest BCUT2D eigenvalue weighted by Crippen LogP contribution is 2.20. The Morgan fingerprint density at radius 1 is 1.22 bits per heavy atom. The van der Waals surface area contributed by atoms with Gasteiger partial charge in [0, 0.05) is 12.3 Å². The van der Waals surface area contributed by atoms with E-state index in [9.17, 15) is 4.79 Å². The van der Waals surface area contributed by atoms with Gasteiger partial charge in [0.25, 0.3) is 0 Å². The van der Waals surface area contributed by atoms with Gasteiger partial charge in [-0.3, -0.25) is 0 Å². The lowest BCUT2D eigenvalue weighted by Gasteiger charge is -2.08. The third-order valence-electron chi connectivity index (χ3n) is 2.58. The minimum Gasteiger partial charge on any atom is -0.494 e. The molecule has 0 aromatic heterocycles. The Labute approximate surface area is 106 Å². The van der Waals surface area contributed by atoms with E-state index in [-0.39, 0.29) is 17.9 Å². The first-order chi connectivity index (χ1) is 8.65. The number of hydrogen-bond donors (Lipinski definition) is 3. The predicted octanol–water partition coefficient (Wildman–Crippen LogP) is 1.90. The van der Waals surface area contributed by atoms with Crippen LogP contribution in [0, 0.1) is 0 Å². The number of rotatable bonds is 8. The van der Waals surface area contributed by atoms with Crippen molar-refractivity contribution in [3.05, 3.63) is 23.8 Å². The maximum Gasteiger partial charge on any atom is 0.337 e. The second-order valence-electron chi connectivity index (χ2n) is 4.04. The van der Waals surface area contributed by atoms with Gasteiger partial charge in [0.05, 0.1) is 12.2 Å². The highest BCUT2D eigenvalue weighted by atomic mass is 16.5. The van der Waals surface area contributed by atoms with E-state index in [0.29, 0.717) is 12.4 Å². The number of nitrogens with two attached hydrogens (primary N) is 1. The Balaban J connectivity index is 2.38. The molecule has 4 N–H and O–H groups in total. The molecule has 0 unspecified atom stereocenters. The number of benzene rings is 1. The number of carboxylic acid groups (broad SMARTS) is 1. The highest BCUT2D eigenvalue weighted by Gasteiger charge is 2.08. The molecule has 0 fully saturated rings. The van der Waals surface area contributed by atoms with Gasteiger partial charge in [-0.2, -0.15) is 0 Å². The van der Waals surface area contributed by atoms with Crippen molar-refractivity contribution in [2.45, 2.75) is 25.7 Å². The number of carbonyl (C=O) groups is 1. The third kappa shape index (κ3) is 4.63. The lowest BCUT2D eigenvalue weighted by molar-refractivity contribution is 0.0697. The summed E-state index contributed by atoms with van der Waals surface area (Å²) >= 11 is 0. The van der Waals surface area contributed by atoms with Crippen LogP contribution in [0.4, 0.5) is 5.69 Å². The van der Waals surface area contributed by atoms with Crippen LogP contribution in [0.15, 0.2) is 18.2 Å². The van der Waals surface area contributed by atoms with E-state index in [1.165, 1.54) is 12.1 Å². The van der Waals surface area contributed by atoms with E-state index in [1.807, 2.05) is 0 Å². The summed E-state index contributed by atoms with van der Waals surface area (Å²) in [6.45, 7) is 0.759. The van der Waals surface area contributed by atoms with E-state index in [0.717, 1.165) is 25.7 Å². The van der Waals surface area contributed by atoms with Gasteiger partial charge in [0.2, 0.25) is 0 Å². The number of unbranched alkanes of at least 4 members (excludes halogenated alkanes) is 3. The van der Waals surface area contributed by atoms with Crippen LogP contribution in [-0.2, 0) is 0 Å². The molecular formula is C13H19NO4. The monoisotopic (exact) mass is 253 g/mol. The average Bonchev–Trinajstić information content (AvgIpc) is 2.35. The molecule has 0 aliphatic rings. The Morgan fingerprint density at radius 2 is 1.94 bits per heavy atom. The van der Waals surface area contributed by atoms with Crippen LogP contribution in [-0.4, -0.2) is 29.4 Å².